The minimum Gasteiger partial charge on any atom is -0.342 e. The van der Waals surface area contributed by atoms with Gasteiger partial charge in [0.15, 0.2) is 5.78 Å². The Morgan fingerprint density at radius 2 is 1.87 bits per heavy atom. The van der Waals surface area contributed by atoms with Gasteiger partial charge in [0.25, 0.3) is 0 Å². The first kappa shape index (κ1) is 22.8. The molecule has 2 N–H and O–H groups in total. The van der Waals surface area contributed by atoms with Crippen LogP contribution in [0, 0.1) is 34.5 Å². The molecule has 0 saturated heterocycles. The normalized spacial score (nSPS) is 42.6. The molecule has 1 amide bonds. The first-order chi connectivity index (χ1) is 14.6. The summed E-state index contributed by atoms with van der Waals surface area (Å²) in [5.74, 6) is 2.86. The quantitative estimate of drug-likeness (QED) is 0.635. The molecule has 0 aromatic rings. The average Bonchev–Trinajstić information content (AvgIpc) is 3.06. The van der Waals surface area contributed by atoms with E-state index < -0.39 is 0 Å². The van der Waals surface area contributed by atoms with Gasteiger partial charge in [0.2, 0.25) is 5.91 Å². The molecule has 0 aromatic heterocycles. The number of nitrogens with one attached hydrogen (secondary N) is 2. The molecule has 4 aliphatic carbocycles. The van der Waals surface area contributed by atoms with Gasteiger partial charge in [0, 0.05) is 12.1 Å². The Balaban J connectivity index is 1.56. The topological polar surface area (TPSA) is 58.2 Å². The van der Waals surface area contributed by atoms with E-state index in [1.807, 2.05) is 13.8 Å². The fourth-order valence-electron chi connectivity index (χ4n) is 8.24. The minimum absolute atomic E-state index is 0.0220. The van der Waals surface area contributed by atoms with Crippen molar-refractivity contribution in [3.63, 3.8) is 0 Å². The molecule has 4 rings (SSSR count). The van der Waals surface area contributed by atoms with Crippen molar-refractivity contribution in [1.82, 2.24) is 10.6 Å². The Bertz CT molecular complexity index is 810. The van der Waals surface area contributed by atoms with Gasteiger partial charge in [-0.1, -0.05) is 25.5 Å². The van der Waals surface area contributed by atoms with Crippen molar-refractivity contribution < 1.29 is 9.59 Å². The maximum atomic E-state index is 13.4. The predicted molar refractivity (Wildman–Crippen MR) is 125 cm³/mol. The van der Waals surface area contributed by atoms with Crippen molar-refractivity contribution in [1.29, 1.82) is 0 Å². The second-order valence-corrected chi connectivity index (χ2v) is 11.6. The zero-order valence-electron chi connectivity index (χ0n) is 20.4. The Morgan fingerprint density at radius 3 is 2.55 bits per heavy atom. The number of carbonyl (C=O) groups excluding carboxylic acids is 2. The maximum absolute atomic E-state index is 13.4. The molecule has 4 unspecified atom stereocenters. The van der Waals surface area contributed by atoms with E-state index >= 15 is 0 Å². The van der Waals surface area contributed by atoms with Gasteiger partial charge in [-0.2, -0.15) is 0 Å². The maximum Gasteiger partial charge on any atom is 0.244 e. The molecular formula is C27H42N2O2. The number of hydrogen-bond acceptors (Lipinski definition) is 3. The highest BCUT2D eigenvalue weighted by atomic mass is 16.2. The second kappa shape index (κ2) is 8.17. The highest BCUT2D eigenvalue weighted by molar-refractivity contribution is 6.04. The van der Waals surface area contributed by atoms with Crippen LogP contribution in [0.2, 0.25) is 0 Å². The van der Waals surface area contributed by atoms with Crippen LogP contribution in [0.5, 0.6) is 0 Å². The van der Waals surface area contributed by atoms with Gasteiger partial charge in [-0.05, 0) is 113 Å². The molecule has 4 nitrogen and oxygen atoms in total. The van der Waals surface area contributed by atoms with Gasteiger partial charge in [-0.3, -0.25) is 9.59 Å². The summed E-state index contributed by atoms with van der Waals surface area (Å²) in [5, 5.41) is 6.51. The summed E-state index contributed by atoms with van der Waals surface area (Å²) in [5.41, 5.74) is 2.37. The Morgan fingerprint density at radius 1 is 1.13 bits per heavy atom. The van der Waals surface area contributed by atoms with Crippen LogP contribution in [0.25, 0.3) is 0 Å². The van der Waals surface area contributed by atoms with Crippen molar-refractivity contribution in [2.75, 3.05) is 7.05 Å². The first-order valence-corrected chi connectivity index (χ1v) is 12.5. The average molecular weight is 427 g/mol. The third-order valence-corrected chi connectivity index (χ3v) is 9.87. The zero-order chi connectivity index (χ0) is 22.6. The zero-order valence-corrected chi connectivity index (χ0v) is 20.4. The number of rotatable bonds is 4. The number of fused-ring (bicyclic) bond motifs is 5. The fraction of sp³-hybridized carbons (Fsp3) is 0.778. The molecule has 8 atom stereocenters. The Kier molecular flexibility index (Phi) is 6.00. The van der Waals surface area contributed by atoms with Crippen molar-refractivity contribution in [2.24, 2.45) is 34.5 Å². The van der Waals surface area contributed by atoms with E-state index in [1.54, 1.807) is 6.08 Å². The van der Waals surface area contributed by atoms with E-state index in [0.29, 0.717) is 23.3 Å². The number of hydrogen-bond donors (Lipinski definition) is 2. The van der Waals surface area contributed by atoms with Gasteiger partial charge in [0.1, 0.15) is 0 Å². The third kappa shape index (κ3) is 3.63. The van der Waals surface area contributed by atoms with Crippen LogP contribution in [0.1, 0.15) is 79.6 Å². The summed E-state index contributed by atoms with van der Waals surface area (Å²) in [6, 6.07) is 0.207. The minimum atomic E-state index is -0.361. The number of carbonyl (C=O) groups is 2. The molecule has 4 aliphatic rings. The van der Waals surface area contributed by atoms with Crippen LogP contribution in [0.3, 0.4) is 0 Å². The van der Waals surface area contributed by atoms with Gasteiger partial charge >= 0.3 is 0 Å². The molecule has 0 spiro atoms. The van der Waals surface area contributed by atoms with Crippen LogP contribution in [-0.2, 0) is 9.59 Å². The summed E-state index contributed by atoms with van der Waals surface area (Å²) in [6.45, 7) is 11.1. The molecule has 3 saturated carbocycles. The van der Waals surface area contributed by atoms with Crippen LogP contribution in [0.15, 0.2) is 23.3 Å². The summed E-state index contributed by atoms with van der Waals surface area (Å²) >= 11 is 0. The summed E-state index contributed by atoms with van der Waals surface area (Å²) in [7, 11) is 2.10. The Labute approximate surface area is 188 Å². The number of allylic oxidation sites excluding steroid dienone is 2. The SMILES string of the molecule is CNC(C)[C@H]1CCC2C3CC=C4C(=O)[C@@H](NC(=O)C=C(C)C)CC[C@]4(C)C3CC[C@@]21C. The van der Waals surface area contributed by atoms with E-state index in [4.69, 9.17) is 0 Å². The van der Waals surface area contributed by atoms with Crippen molar-refractivity contribution in [3.8, 4) is 0 Å². The third-order valence-electron chi connectivity index (χ3n) is 9.87. The van der Waals surface area contributed by atoms with Crippen molar-refractivity contribution in [3.05, 3.63) is 23.3 Å². The van der Waals surface area contributed by atoms with Crippen molar-refractivity contribution in [2.45, 2.75) is 91.6 Å². The van der Waals surface area contributed by atoms with E-state index in [0.717, 1.165) is 42.2 Å². The molecule has 0 heterocycles. The smallest absolute Gasteiger partial charge is 0.244 e. The largest absolute Gasteiger partial charge is 0.342 e. The summed E-state index contributed by atoms with van der Waals surface area (Å²) < 4.78 is 0. The summed E-state index contributed by atoms with van der Waals surface area (Å²) in [6.07, 6.45) is 11.9. The predicted octanol–water partition coefficient (Wildman–Crippen LogP) is 4.80. The molecule has 0 radical (unpaired) electrons. The number of amides is 1. The van der Waals surface area contributed by atoms with Gasteiger partial charge in [-0.15, -0.1) is 0 Å². The highest BCUT2D eigenvalue weighted by Crippen LogP contribution is 2.66. The van der Waals surface area contributed by atoms with E-state index in [-0.39, 0.29) is 23.1 Å². The summed E-state index contributed by atoms with van der Waals surface area (Å²) in [4.78, 5) is 25.7. The van der Waals surface area contributed by atoms with Gasteiger partial charge in [0.05, 0.1) is 6.04 Å². The molecule has 0 aliphatic heterocycles. The van der Waals surface area contributed by atoms with Crippen LogP contribution >= 0.6 is 0 Å². The van der Waals surface area contributed by atoms with Crippen LogP contribution < -0.4 is 10.6 Å². The van der Waals surface area contributed by atoms with E-state index in [2.05, 4.69) is 44.5 Å². The second-order valence-electron chi connectivity index (χ2n) is 11.6. The standard InChI is InChI=1S/C27H42N2O2/c1-16(2)15-24(30)29-23-12-14-27(5)21-11-13-26(4)19(17(3)28-6)9-10-20(26)18(21)7-8-22(27)25(23)31/h8,15,17-21,23,28H,7,9-14H2,1-6H3,(H,29,30)/t17?,18?,19-,20?,21?,23+,26-,27-/m1/s1. The molecular weight excluding hydrogens is 384 g/mol. The molecule has 0 bridgehead atoms. The van der Waals surface area contributed by atoms with Crippen LogP contribution in [0.4, 0.5) is 0 Å². The lowest BCUT2D eigenvalue weighted by atomic mass is 9.47. The van der Waals surface area contributed by atoms with E-state index in [9.17, 15) is 9.59 Å². The molecule has 3 fully saturated rings. The lowest BCUT2D eigenvalue weighted by Crippen LogP contribution is -2.55. The Hall–Kier alpha value is -1.42. The highest BCUT2D eigenvalue weighted by Gasteiger charge is 2.60. The van der Waals surface area contributed by atoms with Gasteiger partial charge < -0.3 is 10.6 Å². The van der Waals surface area contributed by atoms with Crippen LogP contribution in [-0.4, -0.2) is 30.8 Å². The molecule has 31 heavy (non-hydrogen) atoms. The van der Waals surface area contributed by atoms with Gasteiger partial charge in [-0.25, -0.2) is 0 Å². The van der Waals surface area contributed by atoms with Crippen molar-refractivity contribution >= 4 is 11.7 Å². The molecule has 4 heteroatoms. The lowest BCUT2D eigenvalue weighted by Gasteiger charge is -2.58. The molecule has 172 valence electrons. The monoisotopic (exact) mass is 426 g/mol. The first-order valence-electron chi connectivity index (χ1n) is 12.5. The lowest BCUT2D eigenvalue weighted by molar-refractivity contribution is -0.128. The molecule has 0 aromatic carbocycles. The number of ketones is 1. The van der Waals surface area contributed by atoms with E-state index in [1.165, 1.54) is 25.7 Å². The fourth-order valence-corrected chi connectivity index (χ4v) is 8.24. The number of Topliss-reactive ketones (excluding diaryl/α,β-unsaturated/α-hetero) is 1.